The van der Waals surface area contributed by atoms with Crippen LogP contribution in [0.2, 0.25) is 0 Å². The number of carbonyl (C=O) groups is 1. The molecule has 17 heavy (non-hydrogen) atoms. The first-order valence-corrected chi connectivity index (χ1v) is 5.83. The lowest BCUT2D eigenvalue weighted by Crippen LogP contribution is -2.28. The Bertz CT molecular complexity index is 393. The molecule has 1 amide bonds. The van der Waals surface area contributed by atoms with Crippen molar-refractivity contribution in [2.75, 3.05) is 11.9 Å². The Morgan fingerprint density at radius 1 is 1.47 bits per heavy atom. The van der Waals surface area contributed by atoms with E-state index in [0.717, 1.165) is 22.6 Å². The molecule has 0 radical (unpaired) electrons. The lowest BCUT2D eigenvalue weighted by Gasteiger charge is -2.15. The Kier molecular flexibility index (Phi) is 4.63. The molecule has 1 N–H and O–H groups in total. The third-order valence-electron chi connectivity index (χ3n) is 2.56. The molecule has 0 saturated heterocycles. The molecule has 1 rings (SSSR count). The Balaban J connectivity index is 2.85. The van der Waals surface area contributed by atoms with Gasteiger partial charge in [0.15, 0.2) is 0 Å². The molecule has 0 bridgehead atoms. The van der Waals surface area contributed by atoms with E-state index in [1.54, 1.807) is 6.92 Å². The molecule has 0 aliphatic rings. The molecule has 0 saturated carbocycles. The van der Waals surface area contributed by atoms with Crippen LogP contribution in [0.25, 0.3) is 0 Å². The van der Waals surface area contributed by atoms with Gasteiger partial charge in [0, 0.05) is 12.3 Å². The van der Waals surface area contributed by atoms with Gasteiger partial charge in [0.2, 0.25) is 0 Å². The van der Waals surface area contributed by atoms with E-state index < -0.39 is 6.10 Å². The van der Waals surface area contributed by atoms with Gasteiger partial charge >= 0.3 is 0 Å². The van der Waals surface area contributed by atoms with Crippen molar-refractivity contribution < 1.29 is 9.53 Å². The Morgan fingerprint density at radius 2 is 2.12 bits per heavy atom. The molecule has 0 aromatic carbocycles. The number of anilines is 1. The summed E-state index contributed by atoms with van der Waals surface area (Å²) in [5, 5.41) is 2.86. The fourth-order valence-corrected chi connectivity index (χ4v) is 1.76. The smallest absolute Gasteiger partial charge is 0.253 e. The average Bonchev–Trinajstić information content (AvgIpc) is 2.23. The summed E-state index contributed by atoms with van der Waals surface area (Å²) >= 11 is 0. The van der Waals surface area contributed by atoms with Crippen molar-refractivity contribution >= 4 is 11.6 Å². The van der Waals surface area contributed by atoms with E-state index in [-0.39, 0.29) is 5.91 Å². The molecule has 0 aliphatic heterocycles. The minimum atomic E-state index is -0.444. The zero-order valence-corrected chi connectivity index (χ0v) is 11.1. The Labute approximate surface area is 102 Å². The first-order chi connectivity index (χ1) is 7.95. The van der Waals surface area contributed by atoms with Crippen LogP contribution in [0.4, 0.5) is 5.69 Å². The maximum Gasteiger partial charge on any atom is 0.253 e. The standard InChI is InChI=1S/C13H20N2O2/c1-6-17-11(5)13(16)15-12-8(2)7-9(3)14-10(12)4/h7,11H,6H2,1-5H3,(H,15,16). The summed E-state index contributed by atoms with van der Waals surface area (Å²) in [6.07, 6.45) is -0.444. The number of rotatable bonds is 4. The number of hydrogen-bond acceptors (Lipinski definition) is 3. The third-order valence-corrected chi connectivity index (χ3v) is 2.56. The SMILES string of the molecule is CCOC(C)C(=O)Nc1c(C)cc(C)nc1C. The van der Waals surface area contributed by atoms with E-state index in [2.05, 4.69) is 10.3 Å². The molecule has 4 nitrogen and oxygen atoms in total. The number of ether oxygens (including phenoxy) is 1. The van der Waals surface area contributed by atoms with Gasteiger partial charge in [-0.2, -0.15) is 0 Å². The maximum atomic E-state index is 11.8. The van der Waals surface area contributed by atoms with Crippen molar-refractivity contribution in [2.24, 2.45) is 0 Å². The second-order valence-corrected chi connectivity index (χ2v) is 4.13. The van der Waals surface area contributed by atoms with E-state index >= 15 is 0 Å². The van der Waals surface area contributed by atoms with E-state index in [4.69, 9.17) is 4.74 Å². The first-order valence-electron chi connectivity index (χ1n) is 5.83. The van der Waals surface area contributed by atoms with E-state index in [0.29, 0.717) is 6.61 Å². The highest BCUT2D eigenvalue weighted by Gasteiger charge is 2.15. The van der Waals surface area contributed by atoms with Crippen molar-refractivity contribution in [1.29, 1.82) is 0 Å². The van der Waals surface area contributed by atoms with Gasteiger partial charge < -0.3 is 10.1 Å². The highest BCUT2D eigenvalue weighted by molar-refractivity contribution is 5.95. The first kappa shape index (κ1) is 13.6. The minimum Gasteiger partial charge on any atom is -0.369 e. The van der Waals surface area contributed by atoms with Crippen molar-refractivity contribution in [3.05, 3.63) is 23.0 Å². The molecule has 1 aromatic heterocycles. The highest BCUT2D eigenvalue weighted by Crippen LogP contribution is 2.19. The molecule has 1 atom stereocenters. The van der Waals surface area contributed by atoms with Crippen LogP contribution in [0.5, 0.6) is 0 Å². The molecule has 0 aliphatic carbocycles. The summed E-state index contributed by atoms with van der Waals surface area (Å²) in [5.74, 6) is -0.135. The number of pyridine rings is 1. The molecule has 1 aromatic rings. The van der Waals surface area contributed by atoms with Gasteiger partial charge in [-0.1, -0.05) is 0 Å². The number of nitrogens with one attached hydrogen (secondary N) is 1. The lowest BCUT2D eigenvalue weighted by atomic mass is 10.1. The normalized spacial score (nSPS) is 12.3. The largest absolute Gasteiger partial charge is 0.369 e. The minimum absolute atomic E-state index is 0.135. The van der Waals surface area contributed by atoms with Gasteiger partial charge in [-0.3, -0.25) is 9.78 Å². The van der Waals surface area contributed by atoms with Crippen LogP contribution in [-0.4, -0.2) is 23.6 Å². The quantitative estimate of drug-likeness (QED) is 0.873. The molecule has 1 heterocycles. The topological polar surface area (TPSA) is 51.2 Å². The monoisotopic (exact) mass is 236 g/mol. The van der Waals surface area contributed by atoms with Crippen LogP contribution in [0.1, 0.15) is 30.8 Å². The van der Waals surface area contributed by atoms with Crippen LogP contribution >= 0.6 is 0 Å². The van der Waals surface area contributed by atoms with Crippen molar-refractivity contribution in [3.8, 4) is 0 Å². The summed E-state index contributed by atoms with van der Waals surface area (Å²) < 4.78 is 5.25. The van der Waals surface area contributed by atoms with Crippen molar-refractivity contribution in [3.63, 3.8) is 0 Å². The van der Waals surface area contributed by atoms with Crippen LogP contribution in [-0.2, 0) is 9.53 Å². The summed E-state index contributed by atoms with van der Waals surface area (Å²) in [6, 6.07) is 1.95. The van der Waals surface area contributed by atoms with E-state index in [1.165, 1.54) is 0 Å². The third kappa shape index (κ3) is 3.53. The predicted molar refractivity (Wildman–Crippen MR) is 68.2 cm³/mol. The van der Waals surface area contributed by atoms with Crippen LogP contribution in [0.3, 0.4) is 0 Å². The van der Waals surface area contributed by atoms with Gasteiger partial charge in [-0.05, 0) is 46.2 Å². The van der Waals surface area contributed by atoms with Gasteiger partial charge in [0.25, 0.3) is 5.91 Å². The van der Waals surface area contributed by atoms with Gasteiger partial charge in [-0.15, -0.1) is 0 Å². The maximum absolute atomic E-state index is 11.8. The predicted octanol–water partition coefficient (Wildman–Crippen LogP) is 2.37. The second kappa shape index (κ2) is 5.77. The van der Waals surface area contributed by atoms with Gasteiger partial charge in [0.1, 0.15) is 6.10 Å². The number of aromatic nitrogens is 1. The second-order valence-electron chi connectivity index (χ2n) is 4.13. The van der Waals surface area contributed by atoms with E-state index in [9.17, 15) is 4.79 Å². The van der Waals surface area contributed by atoms with Crippen molar-refractivity contribution in [1.82, 2.24) is 4.98 Å². The number of amides is 1. The molecule has 94 valence electrons. The average molecular weight is 236 g/mol. The lowest BCUT2D eigenvalue weighted by molar-refractivity contribution is -0.126. The molecular weight excluding hydrogens is 216 g/mol. The summed E-state index contributed by atoms with van der Waals surface area (Å²) in [6.45, 7) is 9.93. The van der Waals surface area contributed by atoms with Gasteiger partial charge in [0.05, 0.1) is 11.4 Å². The number of carbonyl (C=O) groups excluding carboxylic acids is 1. The Morgan fingerprint density at radius 3 is 2.65 bits per heavy atom. The fraction of sp³-hybridized carbons (Fsp3) is 0.538. The summed E-state index contributed by atoms with van der Waals surface area (Å²) in [5.41, 5.74) is 3.59. The number of aryl methyl sites for hydroxylation is 3. The fourth-order valence-electron chi connectivity index (χ4n) is 1.76. The zero-order valence-electron chi connectivity index (χ0n) is 11.1. The van der Waals surface area contributed by atoms with E-state index in [1.807, 2.05) is 33.8 Å². The zero-order chi connectivity index (χ0) is 13.0. The molecule has 0 fully saturated rings. The number of hydrogen-bond donors (Lipinski definition) is 1. The molecule has 4 heteroatoms. The van der Waals surface area contributed by atoms with Crippen LogP contribution in [0, 0.1) is 20.8 Å². The van der Waals surface area contributed by atoms with Crippen molar-refractivity contribution in [2.45, 2.75) is 40.7 Å². The number of nitrogens with zero attached hydrogens (tertiary/aromatic N) is 1. The Hall–Kier alpha value is -1.42. The molecular formula is C13H20N2O2. The van der Waals surface area contributed by atoms with Crippen LogP contribution in [0.15, 0.2) is 6.07 Å². The summed E-state index contributed by atoms with van der Waals surface area (Å²) in [7, 11) is 0. The van der Waals surface area contributed by atoms with Gasteiger partial charge in [-0.25, -0.2) is 0 Å². The molecule has 1 unspecified atom stereocenters. The van der Waals surface area contributed by atoms with Crippen LogP contribution < -0.4 is 5.32 Å². The summed E-state index contributed by atoms with van der Waals surface area (Å²) in [4.78, 5) is 16.2. The highest BCUT2D eigenvalue weighted by atomic mass is 16.5. The molecule has 0 spiro atoms.